The number of halogens is 4. The molecule has 1 atom stereocenters. The van der Waals surface area contributed by atoms with E-state index in [1.807, 2.05) is 0 Å². The molecule has 35 heavy (non-hydrogen) atoms. The Labute approximate surface area is 196 Å². The molecule has 5 nitrogen and oxygen atoms in total. The topological polar surface area (TPSA) is 79.5 Å². The van der Waals surface area contributed by atoms with Crippen LogP contribution >= 0.6 is 0 Å². The molecule has 180 valence electrons. The van der Waals surface area contributed by atoms with Crippen molar-refractivity contribution in [3.63, 3.8) is 0 Å². The van der Waals surface area contributed by atoms with Gasteiger partial charge in [-0.05, 0) is 60.0 Å². The van der Waals surface area contributed by atoms with Gasteiger partial charge in [0.05, 0.1) is 10.9 Å². The first kappa shape index (κ1) is 24.0. The minimum atomic E-state index is -1.71. The number of aromatic hydroxyl groups is 1. The summed E-state index contributed by atoms with van der Waals surface area (Å²) in [6.07, 6.45) is -0.546. The van der Waals surface area contributed by atoms with E-state index in [9.17, 15) is 32.3 Å². The SMILES string of the molecule is Cc1cc(F)cc(CNC(=O)CC(c2cc(F)c(F)c(F)c2)c2c(O)c3ccccc3oc2=O)c1. The first-order valence-corrected chi connectivity index (χ1v) is 10.6. The molecule has 0 aliphatic heterocycles. The van der Waals surface area contributed by atoms with E-state index >= 15 is 0 Å². The highest BCUT2D eigenvalue weighted by Gasteiger charge is 2.29. The van der Waals surface area contributed by atoms with Crippen LogP contribution in [0.15, 0.2) is 63.8 Å². The fraction of sp³-hybridized carbons (Fsp3) is 0.154. The maximum absolute atomic E-state index is 14.0. The first-order valence-electron chi connectivity index (χ1n) is 10.6. The Morgan fingerprint density at radius 2 is 1.71 bits per heavy atom. The fourth-order valence-corrected chi connectivity index (χ4v) is 3.99. The molecule has 0 aliphatic carbocycles. The van der Waals surface area contributed by atoms with Crippen molar-refractivity contribution >= 4 is 16.9 Å². The molecule has 9 heteroatoms. The van der Waals surface area contributed by atoms with Gasteiger partial charge in [0.25, 0.3) is 0 Å². The van der Waals surface area contributed by atoms with Crippen molar-refractivity contribution in [2.45, 2.75) is 25.8 Å². The smallest absolute Gasteiger partial charge is 0.343 e. The standard InChI is InChI=1S/C26H19F4NO4/c1-13-6-14(8-16(27)7-13)12-31-22(32)11-18(15-9-19(28)24(30)20(29)10-15)23-25(33)17-4-2-3-5-21(17)35-26(23)34/h2-10,18,33H,11-12H2,1H3,(H,31,32). The number of aryl methyl sites for hydroxylation is 1. The minimum Gasteiger partial charge on any atom is -0.507 e. The molecule has 1 unspecified atom stereocenters. The number of amides is 1. The van der Waals surface area contributed by atoms with Crippen LogP contribution in [0.25, 0.3) is 11.0 Å². The molecule has 1 amide bonds. The van der Waals surface area contributed by atoms with E-state index in [0.717, 1.165) is 0 Å². The molecule has 4 rings (SSSR count). The molecule has 1 aromatic heterocycles. The number of carbonyl (C=O) groups is 1. The predicted octanol–water partition coefficient (Wildman–Crippen LogP) is 5.20. The van der Waals surface area contributed by atoms with Gasteiger partial charge in [-0.3, -0.25) is 4.79 Å². The van der Waals surface area contributed by atoms with Crippen LogP contribution in [0.1, 0.15) is 34.6 Å². The summed E-state index contributed by atoms with van der Waals surface area (Å²) in [6.45, 7) is 1.62. The third kappa shape index (κ3) is 5.03. The molecular weight excluding hydrogens is 466 g/mol. The summed E-state index contributed by atoms with van der Waals surface area (Å²) in [5.74, 6) is -7.82. The summed E-state index contributed by atoms with van der Waals surface area (Å²) in [7, 11) is 0. The largest absolute Gasteiger partial charge is 0.507 e. The maximum Gasteiger partial charge on any atom is 0.343 e. The summed E-state index contributed by atoms with van der Waals surface area (Å²) in [4.78, 5) is 25.6. The Kier molecular flexibility index (Phi) is 6.59. The van der Waals surface area contributed by atoms with Crippen molar-refractivity contribution in [2.24, 2.45) is 0 Å². The summed E-state index contributed by atoms with van der Waals surface area (Å²) in [5, 5.41) is 13.5. The molecule has 0 fully saturated rings. The highest BCUT2D eigenvalue weighted by atomic mass is 19.2. The second kappa shape index (κ2) is 9.61. The molecule has 4 aromatic rings. The Morgan fingerprint density at radius 3 is 2.40 bits per heavy atom. The monoisotopic (exact) mass is 485 g/mol. The quantitative estimate of drug-likeness (QED) is 0.224. The van der Waals surface area contributed by atoms with Gasteiger partial charge in [-0.25, -0.2) is 22.4 Å². The van der Waals surface area contributed by atoms with Gasteiger partial charge < -0.3 is 14.8 Å². The second-order valence-corrected chi connectivity index (χ2v) is 8.12. The Balaban J connectivity index is 1.74. The predicted molar refractivity (Wildman–Crippen MR) is 120 cm³/mol. The van der Waals surface area contributed by atoms with Gasteiger partial charge in [-0.15, -0.1) is 0 Å². The van der Waals surface area contributed by atoms with E-state index in [4.69, 9.17) is 4.42 Å². The number of benzene rings is 3. The zero-order valence-corrected chi connectivity index (χ0v) is 18.4. The van der Waals surface area contributed by atoms with Crippen LogP contribution in [0.4, 0.5) is 17.6 Å². The van der Waals surface area contributed by atoms with Gasteiger partial charge in [0.2, 0.25) is 5.91 Å². The van der Waals surface area contributed by atoms with Gasteiger partial charge in [0.15, 0.2) is 17.5 Å². The lowest BCUT2D eigenvalue weighted by Crippen LogP contribution is -2.27. The van der Waals surface area contributed by atoms with Gasteiger partial charge >= 0.3 is 5.63 Å². The summed E-state index contributed by atoms with van der Waals surface area (Å²) in [6, 6.07) is 11.6. The molecule has 0 radical (unpaired) electrons. The summed E-state index contributed by atoms with van der Waals surface area (Å²) in [5.41, 5.74) is -0.505. The average molecular weight is 485 g/mol. The number of para-hydroxylation sites is 1. The van der Waals surface area contributed by atoms with E-state index in [-0.39, 0.29) is 23.1 Å². The van der Waals surface area contributed by atoms with Gasteiger partial charge in [0.1, 0.15) is 17.1 Å². The summed E-state index contributed by atoms with van der Waals surface area (Å²) >= 11 is 0. The fourth-order valence-electron chi connectivity index (χ4n) is 3.99. The van der Waals surface area contributed by atoms with Crippen molar-refractivity contribution in [2.75, 3.05) is 0 Å². The molecule has 0 bridgehead atoms. The van der Waals surface area contributed by atoms with Crippen molar-refractivity contribution < 1.29 is 31.9 Å². The van der Waals surface area contributed by atoms with Gasteiger partial charge in [-0.2, -0.15) is 0 Å². The lowest BCUT2D eigenvalue weighted by Gasteiger charge is -2.19. The molecule has 3 aromatic carbocycles. The van der Waals surface area contributed by atoms with Crippen molar-refractivity contribution in [3.05, 3.63) is 111 Å². The maximum atomic E-state index is 14.0. The third-order valence-corrected chi connectivity index (χ3v) is 5.56. The number of hydrogen-bond acceptors (Lipinski definition) is 4. The molecule has 0 aliphatic rings. The van der Waals surface area contributed by atoms with Crippen LogP contribution in [-0.4, -0.2) is 11.0 Å². The zero-order valence-electron chi connectivity index (χ0n) is 18.4. The van der Waals surface area contributed by atoms with E-state index in [1.54, 1.807) is 25.1 Å². The zero-order chi connectivity index (χ0) is 25.3. The van der Waals surface area contributed by atoms with Crippen LogP contribution in [0.3, 0.4) is 0 Å². The normalized spacial score (nSPS) is 12.0. The second-order valence-electron chi connectivity index (χ2n) is 8.12. The van der Waals surface area contributed by atoms with Gasteiger partial charge in [0, 0.05) is 18.9 Å². The molecule has 1 heterocycles. The van der Waals surface area contributed by atoms with Crippen LogP contribution in [0.2, 0.25) is 0 Å². The summed E-state index contributed by atoms with van der Waals surface area (Å²) < 4.78 is 60.6. The Morgan fingerprint density at radius 1 is 1.03 bits per heavy atom. The van der Waals surface area contributed by atoms with E-state index in [1.165, 1.54) is 24.3 Å². The molecule has 0 spiro atoms. The van der Waals surface area contributed by atoms with Crippen molar-refractivity contribution in [3.8, 4) is 5.75 Å². The highest BCUT2D eigenvalue weighted by molar-refractivity contribution is 5.85. The number of hydrogen-bond donors (Lipinski definition) is 2. The van der Waals surface area contributed by atoms with Crippen LogP contribution < -0.4 is 10.9 Å². The van der Waals surface area contributed by atoms with E-state index < -0.39 is 58.5 Å². The highest BCUT2D eigenvalue weighted by Crippen LogP contribution is 2.37. The number of rotatable bonds is 6. The minimum absolute atomic E-state index is 0.0609. The molecule has 0 saturated carbocycles. The van der Waals surface area contributed by atoms with Crippen molar-refractivity contribution in [1.29, 1.82) is 0 Å². The average Bonchev–Trinajstić information content (AvgIpc) is 2.79. The lowest BCUT2D eigenvalue weighted by molar-refractivity contribution is -0.121. The molecule has 2 N–H and O–H groups in total. The first-order chi connectivity index (χ1) is 16.6. The molecule has 0 saturated heterocycles. The van der Waals surface area contributed by atoms with E-state index in [0.29, 0.717) is 23.3 Å². The van der Waals surface area contributed by atoms with Crippen LogP contribution in [0.5, 0.6) is 5.75 Å². The third-order valence-electron chi connectivity index (χ3n) is 5.56. The number of carbonyl (C=O) groups excluding carboxylic acids is 1. The van der Waals surface area contributed by atoms with Crippen LogP contribution in [-0.2, 0) is 11.3 Å². The number of fused-ring (bicyclic) bond motifs is 1. The van der Waals surface area contributed by atoms with Gasteiger partial charge in [-0.1, -0.05) is 18.2 Å². The molecular formula is C26H19F4NO4. The van der Waals surface area contributed by atoms with Crippen LogP contribution in [0, 0.1) is 30.2 Å². The lowest BCUT2D eigenvalue weighted by atomic mass is 9.87. The van der Waals surface area contributed by atoms with Crippen molar-refractivity contribution in [1.82, 2.24) is 5.32 Å². The Bertz CT molecular complexity index is 1460. The number of nitrogens with one attached hydrogen (secondary N) is 1. The Hall–Kier alpha value is -4.14. The van der Waals surface area contributed by atoms with E-state index in [2.05, 4.69) is 5.32 Å².